The van der Waals surface area contributed by atoms with Gasteiger partial charge < -0.3 is 21.1 Å². The summed E-state index contributed by atoms with van der Waals surface area (Å²) < 4.78 is 0. The molecule has 1 aliphatic heterocycles. The predicted octanol–water partition coefficient (Wildman–Crippen LogP) is 4.01. The van der Waals surface area contributed by atoms with Gasteiger partial charge >= 0.3 is 5.97 Å². The smallest absolute Gasteiger partial charge is 0.304 e. The SMILES string of the molecule is O=C(O)CC(Sc1ccccc1NC(=O)c1cccc(NC2=NCCN2)c1)c1cccnc1. The molecule has 4 N–H and O–H groups in total. The van der Waals surface area contributed by atoms with Gasteiger partial charge in [-0.15, -0.1) is 11.8 Å². The van der Waals surface area contributed by atoms with Crippen molar-refractivity contribution >= 4 is 41.0 Å². The van der Waals surface area contributed by atoms with Crippen LogP contribution in [0.5, 0.6) is 0 Å². The molecule has 1 unspecified atom stereocenters. The van der Waals surface area contributed by atoms with E-state index in [1.807, 2.05) is 30.3 Å². The number of para-hydroxylation sites is 1. The summed E-state index contributed by atoms with van der Waals surface area (Å²) in [7, 11) is 0. The van der Waals surface area contributed by atoms with Gasteiger partial charge in [0.05, 0.1) is 18.7 Å². The Hall–Kier alpha value is -3.85. The molecule has 0 bridgehead atoms. The van der Waals surface area contributed by atoms with Crippen LogP contribution in [0.3, 0.4) is 0 Å². The Kier molecular flexibility index (Phi) is 7.21. The Morgan fingerprint density at radius 1 is 1.12 bits per heavy atom. The molecule has 1 atom stereocenters. The molecule has 33 heavy (non-hydrogen) atoms. The average molecular weight is 462 g/mol. The van der Waals surface area contributed by atoms with Crippen molar-refractivity contribution in [2.75, 3.05) is 23.7 Å². The summed E-state index contributed by atoms with van der Waals surface area (Å²) >= 11 is 1.39. The summed E-state index contributed by atoms with van der Waals surface area (Å²) in [5, 5.41) is 18.3. The van der Waals surface area contributed by atoms with Gasteiger partial charge in [-0.25, -0.2) is 0 Å². The van der Waals surface area contributed by atoms with Crippen LogP contribution >= 0.6 is 11.8 Å². The molecular formula is C24H23N5O3S. The van der Waals surface area contributed by atoms with Crippen LogP contribution in [0.2, 0.25) is 0 Å². The van der Waals surface area contributed by atoms with E-state index < -0.39 is 5.97 Å². The molecule has 4 rings (SSSR count). The summed E-state index contributed by atoms with van der Waals surface area (Å²) in [6.07, 6.45) is 3.26. The lowest BCUT2D eigenvalue weighted by Crippen LogP contribution is -2.26. The first-order chi connectivity index (χ1) is 16.1. The van der Waals surface area contributed by atoms with Gasteiger partial charge in [0.2, 0.25) is 0 Å². The summed E-state index contributed by atoms with van der Waals surface area (Å²) in [6, 6.07) is 18.2. The molecule has 0 spiro atoms. The second kappa shape index (κ2) is 10.6. The summed E-state index contributed by atoms with van der Waals surface area (Å²) in [5.74, 6) is -0.470. The van der Waals surface area contributed by atoms with Crippen LogP contribution in [-0.4, -0.2) is 41.0 Å². The van der Waals surface area contributed by atoms with Gasteiger partial charge in [0.15, 0.2) is 5.96 Å². The minimum absolute atomic E-state index is 0.0652. The number of aromatic nitrogens is 1. The molecule has 0 fully saturated rings. The number of carbonyl (C=O) groups is 2. The topological polar surface area (TPSA) is 116 Å². The number of benzene rings is 2. The highest BCUT2D eigenvalue weighted by atomic mass is 32.2. The number of hydrogen-bond donors (Lipinski definition) is 4. The first kappa shape index (κ1) is 22.3. The maximum absolute atomic E-state index is 13.0. The van der Waals surface area contributed by atoms with Crippen molar-refractivity contribution in [1.29, 1.82) is 0 Å². The normalized spacial score (nSPS) is 13.5. The second-order valence-electron chi connectivity index (χ2n) is 7.30. The molecule has 0 saturated heterocycles. The monoisotopic (exact) mass is 461 g/mol. The number of carbonyl (C=O) groups excluding carboxylic acids is 1. The van der Waals surface area contributed by atoms with Crippen LogP contribution < -0.4 is 16.0 Å². The Morgan fingerprint density at radius 2 is 2.00 bits per heavy atom. The fraction of sp³-hybridized carbons (Fsp3) is 0.167. The lowest BCUT2D eigenvalue weighted by Gasteiger charge is -2.17. The number of rotatable bonds is 8. The van der Waals surface area contributed by atoms with Gasteiger partial charge in [-0.1, -0.05) is 24.3 Å². The van der Waals surface area contributed by atoms with E-state index in [4.69, 9.17) is 0 Å². The number of aliphatic carboxylic acids is 1. The highest BCUT2D eigenvalue weighted by Gasteiger charge is 2.20. The molecule has 1 aliphatic rings. The predicted molar refractivity (Wildman–Crippen MR) is 130 cm³/mol. The number of anilines is 2. The molecule has 168 valence electrons. The van der Waals surface area contributed by atoms with Crippen LogP contribution in [0.15, 0.2) is 82.9 Å². The van der Waals surface area contributed by atoms with Gasteiger partial charge in [0.25, 0.3) is 5.91 Å². The number of nitrogens with one attached hydrogen (secondary N) is 3. The fourth-order valence-electron chi connectivity index (χ4n) is 3.33. The van der Waals surface area contributed by atoms with Crippen LogP contribution in [0, 0.1) is 0 Å². The van der Waals surface area contributed by atoms with Crippen LogP contribution in [-0.2, 0) is 4.79 Å². The number of aliphatic imine (C=N–C) groups is 1. The van der Waals surface area contributed by atoms with Crippen LogP contribution in [0.4, 0.5) is 11.4 Å². The van der Waals surface area contributed by atoms with E-state index in [1.54, 1.807) is 42.7 Å². The molecule has 8 nitrogen and oxygen atoms in total. The molecule has 3 aromatic rings. The molecule has 2 aromatic carbocycles. The maximum Gasteiger partial charge on any atom is 0.304 e. The maximum atomic E-state index is 13.0. The average Bonchev–Trinajstić information content (AvgIpc) is 3.33. The number of thioether (sulfide) groups is 1. The number of carboxylic acids is 1. The number of guanidine groups is 1. The van der Waals surface area contributed by atoms with E-state index in [0.717, 1.165) is 29.2 Å². The minimum Gasteiger partial charge on any atom is -0.481 e. The van der Waals surface area contributed by atoms with Crippen LogP contribution in [0.25, 0.3) is 0 Å². The van der Waals surface area contributed by atoms with Crippen molar-refractivity contribution in [1.82, 2.24) is 10.3 Å². The van der Waals surface area contributed by atoms with E-state index in [-0.39, 0.29) is 17.6 Å². The van der Waals surface area contributed by atoms with E-state index in [9.17, 15) is 14.7 Å². The van der Waals surface area contributed by atoms with Crippen molar-refractivity contribution in [2.24, 2.45) is 4.99 Å². The third kappa shape index (κ3) is 6.11. The second-order valence-corrected chi connectivity index (χ2v) is 8.55. The lowest BCUT2D eigenvalue weighted by molar-refractivity contribution is -0.137. The Labute approximate surface area is 195 Å². The molecule has 1 amide bonds. The lowest BCUT2D eigenvalue weighted by atomic mass is 10.1. The standard InChI is InChI=1S/C24H23N5O3S/c30-22(31)14-21(17-6-4-10-25-15-17)33-20-9-2-1-8-19(20)29-23(32)16-5-3-7-18(13-16)28-24-26-11-12-27-24/h1-10,13,15,21H,11-12,14H2,(H,29,32)(H,30,31)(H2,26,27,28). The number of pyridine rings is 1. The van der Waals surface area contributed by atoms with Crippen molar-refractivity contribution in [3.63, 3.8) is 0 Å². The first-order valence-electron chi connectivity index (χ1n) is 10.4. The zero-order chi connectivity index (χ0) is 23.0. The number of carboxylic acid groups (broad SMARTS) is 1. The number of amides is 1. The van der Waals surface area contributed by atoms with Crippen molar-refractivity contribution in [2.45, 2.75) is 16.6 Å². The van der Waals surface area contributed by atoms with Gasteiger partial charge in [0, 0.05) is 40.3 Å². The molecule has 1 aromatic heterocycles. The zero-order valence-corrected chi connectivity index (χ0v) is 18.5. The fourth-order valence-corrected chi connectivity index (χ4v) is 4.54. The van der Waals surface area contributed by atoms with Crippen molar-refractivity contribution in [3.05, 3.63) is 84.2 Å². The quantitative estimate of drug-likeness (QED) is 0.375. The summed E-state index contributed by atoms with van der Waals surface area (Å²) in [5.41, 5.74) is 2.68. The molecule has 2 heterocycles. The summed E-state index contributed by atoms with van der Waals surface area (Å²) in [4.78, 5) is 33.6. The van der Waals surface area contributed by atoms with Gasteiger partial charge in [0.1, 0.15) is 0 Å². The highest BCUT2D eigenvalue weighted by Crippen LogP contribution is 2.41. The van der Waals surface area contributed by atoms with Crippen molar-refractivity contribution < 1.29 is 14.7 Å². The molecular weight excluding hydrogens is 438 g/mol. The first-order valence-corrected chi connectivity index (χ1v) is 11.3. The Balaban J connectivity index is 1.51. The number of nitrogens with zero attached hydrogens (tertiary/aromatic N) is 2. The summed E-state index contributed by atoms with van der Waals surface area (Å²) in [6.45, 7) is 1.51. The van der Waals surface area contributed by atoms with Gasteiger partial charge in [-0.3, -0.25) is 19.6 Å². The van der Waals surface area contributed by atoms with Crippen LogP contribution in [0.1, 0.15) is 27.6 Å². The van der Waals surface area contributed by atoms with Crippen molar-refractivity contribution in [3.8, 4) is 0 Å². The van der Waals surface area contributed by atoms with Gasteiger partial charge in [-0.2, -0.15) is 0 Å². The largest absolute Gasteiger partial charge is 0.481 e. The molecule has 0 radical (unpaired) electrons. The molecule has 9 heteroatoms. The van der Waals surface area contributed by atoms with Gasteiger partial charge in [-0.05, 0) is 42.0 Å². The third-order valence-electron chi connectivity index (χ3n) is 4.88. The minimum atomic E-state index is -0.899. The Morgan fingerprint density at radius 3 is 2.76 bits per heavy atom. The third-order valence-corrected chi connectivity index (χ3v) is 6.22. The van der Waals surface area contributed by atoms with E-state index in [1.165, 1.54) is 11.8 Å². The molecule has 0 aliphatic carbocycles. The van der Waals surface area contributed by atoms with E-state index in [0.29, 0.717) is 17.2 Å². The van der Waals surface area contributed by atoms with E-state index >= 15 is 0 Å². The highest BCUT2D eigenvalue weighted by molar-refractivity contribution is 7.99. The number of hydrogen-bond acceptors (Lipinski definition) is 7. The van der Waals surface area contributed by atoms with E-state index in [2.05, 4.69) is 25.9 Å². The zero-order valence-electron chi connectivity index (χ0n) is 17.7. The molecule has 0 saturated carbocycles. The Bertz CT molecular complexity index is 1170.